The number of halogens is 2. The first-order valence-corrected chi connectivity index (χ1v) is 10.8. The molecule has 29 heavy (non-hydrogen) atoms. The molecule has 1 aromatic carbocycles. The lowest BCUT2D eigenvalue weighted by Crippen LogP contribution is -2.20. The van der Waals surface area contributed by atoms with E-state index in [-0.39, 0.29) is 16.6 Å². The molecule has 0 amide bonds. The molecule has 0 N–H and O–H groups in total. The minimum Gasteiger partial charge on any atom is -0.493 e. The van der Waals surface area contributed by atoms with E-state index in [1.54, 1.807) is 0 Å². The van der Waals surface area contributed by atoms with Crippen LogP contribution in [0.4, 0.5) is 0 Å². The molecule has 0 bridgehead atoms. The lowest BCUT2D eigenvalue weighted by Gasteiger charge is -2.32. The van der Waals surface area contributed by atoms with Crippen LogP contribution in [0.3, 0.4) is 0 Å². The van der Waals surface area contributed by atoms with E-state index in [1.807, 2.05) is 6.92 Å². The maximum atomic E-state index is 12.2. The Kier molecular flexibility index (Phi) is 6.75. The fraction of sp³-hybridized carbons (Fsp3) is 0.478. The van der Waals surface area contributed by atoms with Crippen LogP contribution in [-0.2, 0) is 11.2 Å². The molecule has 0 spiro atoms. The van der Waals surface area contributed by atoms with Gasteiger partial charge in [-0.2, -0.15) is 0 Å². The van der Waals surface area contributed by atoms with Gasteiger partial charge in [-0.05, 0) is 54.9 Å². The minimum absolute atomic E-state index is 0.0666. The smallest absolute Gasteiger partial charge is 0.342 e. The van der Waals surface area contributed by atoms with Gasteiger partial charge in [-0.25, -0.2) is 9.78 Å². The van der Waals surface area contributed by atoms with E-state index in [4.69, 9.17) is 32.7 Å². The van der Waals surface area contributed by atoms with Crippen molar-refractivity contribution in [1.29, 1.82) is 0 Å². The zero-order chi connectivity index (χ0) is 21.3. The Morgan fingerprint density at radius 3 is 2.66 bits per heavy atom. The Hall–Kier alpha value is -1.78. The van der Waals surface area contributed by atoms with Crippen LogP contribution in [0, 0.1) is 12.8 Å². The molecule has 1 heterocycles. The first kappa shape index (κ1) is 21.9. The molecule has 1 aliphatic rings. The summed E-state index contributed by atoms with van der Waals surface area (Å²) in [5, 5.41) is 0.411. The SMILES string of the molecule is CCCCOc1cc2c(cc1C)-c1nc(Cl)c(C(=O)OC)c(Cl)c1C(C(C)C)C2. The van der Waals surface area contributed by atoms with E-state index < -0.39 is 5.97 Å². The Bertz CT molecular complexity index is 940. The third-order valence-electron chi connectivity index (χ3n) is 5.54. The fourth-order valence-electron chi connectivity index (χ4n) is 3.87. The van der Waals surface area contributed by atoms with E-state index in [0.717, 1.165) is 47.4 Å². The molecule has 4 nitrogen and oxygen atoms in total. The van der Waals surface area contributed by atoms with Crippen molar-refractivity contribution >= 4 is 29.2 Å². The second kappa shape index (κ2) is 8.93. The second-order valence-electron chi connectivity index (χ2n) is 7.88. The topological polar surface area (TPSA) is 48.4 Å². The number of aryl methyl sites for hydroxylation is 1. The summed E-state index contributed by atoms with van der Waals surface area (Å²) in [4.78, 5) is 16.8. The van der Waals surface area contributed by atoms with Crippen LogP contribution in [0.2, 0.25) is 10.2 Å². The van der Waals surface area contributed by atoms with Gasteiger partial charge in [0, 0.05) is 11.1 Å². The Morgan fingerprint density at radius 1 is 1.31 bits per heavy atom. The molecule has 1 atom stereocenters. The summed E-state index contributed by atoms with van der Waals surface area (Å²) in [6.07, 6.45) is 2.92. The van der Waals surface area contributed by atoms with Crippen molar-refractivity contribution in [3.63, 3.8) is 0 Å². The van der Waals surface area contributed by atoms with Crippen LogP contribution in [0.5, 0.6) is 5.75 Å². The number of hydrogen-bond donors (Lipinski definition) is 0. The zero-order valence-corrected chi connectivity index (χ0v) is 19.1. The average molecular weight is 436 g/mol. The van der Waals surface area contributed by atoms with E-state index >= 15 is 0 Å². The van der Waals surface area contributed by atoms with Gasteiger partial charge in [-0.1, -0.05) is 50.4 Å². The molecular weight excluding hydrogens is 409 g/mol. The molecule has 1 unspecified atom stereocenters. The highest BCUT2D eigenvalue weighted by Gasteiger charge is 2.34. The number of ether oxygens (including phenoxy) is 2. The van der Waals surface area contributed by atoms with Gasteiger partial charge in [0.15, 0.2) is 0 Å². The molecule has 156 valence electrons. The van der Waals surface area contributed by atoms with Crippen LogP contribution >= 0.6 is 23.2 Å². The number of methoxy groups -OCH3 is 1. The van der Waals surface area contributed by atoms with Crippen molar-refractivity contribution in [3.8, 4) is 17.0 Å². The monoisotopic (exact) mass is 435 g/mol. The molecule has 0 aliphatic heterocycles. The van der Waals surface area contributed by atoms with Crippen molar-refractivity contribution in [3.05, 3.63) is 44.6 Å². The van der Waals surface area contributed by atoms with Crippen molar-refractivity contribution in [1.82, 2.24) is 4.98 Å². The number of benzene rings is 1. The van der Waals surface area contributed by atoms with Crippen LogP contribution in [0.25, 0.3) is 11.3 Å². The number of carbonyl (C=O) groups is 1. The number of fused-ring (bicyclic) bond motifs is 3. The van der Waals surface area contributed by atoms with Crippen LogP contribution in [-0.4, -0.2) is 24.7 Å². The average Bonchev–Trinajstić information content (AvgIpc) is 2.67. The Balaban J connectivity index is 2.19. The normalized spacial score (nSPS) is 15.1. The van der Waals surface area contributed by atoms with Crippen LogP contribution in [0.1, 0.15) is 66.6 Å². The number of nitrogens with zero attached hydrogens (tertiary/aromatic N) is 1. The Morgan fingerprint density at radius 2 is 2.03 bits per heavy atom. The molecule has 0 saturated carbocycles. The summed E-state index contributed by atoms with van der Waals surface area (Å²) in [6, 6.07) is 4.21. The van der Waals surface area contributed by atoms with Crippen molar-refractivity contribution in [2.24, 2.45) is 5.92 Å². The predicted molar refractivity (Wildman–Crippen MR) is 117 cm³/mol. The van der Waals surface area contributed by atoms with Gasteiger partial charge < -0.3 is 9.47 Å². The predicted octanol–water partition coefficient (Wildman–Crippen LogP) is 6.63. The number of unbranched alkanes of at least 4 members (excludes halogenated alkanes) is 1. The lowest BCUT2D eigenvalue weighted by atomic mass is 9.75. The lowest BCUT2D eigenvalue weighted by molar-refractivity contribution is 0.0600. The summed E-state index contributed by atoms with van der Waals surface area (Å²) in [5.74, 6) is 0.758. The van der Waals surface area contributed by atoms with Gasteiger partial charge in [0.2, 0.25) is 0 Å². The Labute approximate surface area is 182 Å². The summed E-state index contributed by atoms with van der Waals surface area (Å²) in [5.41, 5.74) is 4.96. The fourth-order valence-corrected chi connectivity index (χ4v) is 4.57. The number of aromatic nitrogens is 1. The van der Waals surface area contributed by atoms with Crippen LogP contribution < -0.4 is 4.74 Å². The third-order valence-corrected chi connectivity index (χ3v) is 6.21. The molecule has 6 heteroatoms. The minimum atomic E-state index is -0.570. The molecule has 0 saturated heterocycles. The maximum absolute atomic E-state index is 12.2. The summed E-state index contributed by atoms with van der Waals surface area (Å²) >= 11 is 13.1. The molecule has 1 aliphatic carbocycles. The van der Waals surface area contributed by atoms with Crippen LogP contribution in [0.15, 0.2) is 12.1 Å². The van der Waals surface area contributed by atoms with Gasteiger partial charge in [0.1, 0.15) is 16.5 Å². The van der Waals surface area contributed by atoms with Gasteiger partial charge in [0.25, 0.3) is 0 Å². The summed E-state index contributed by atoms with van der Waals surface area (Å²) in [6.45, 7) is 9.18. The molecule has 0 radical (unpaired) electrons. The van der Waals surface area contributed by atoms with Crippen molar-refractivity contribution < 1.29 is 14.3 Å². The van der Waals surface area contributed by atoms with E-state index in [9.17, 15) is 4.79 Å². The molecular formula is C23H27Cl2NO3. The molecule has 2 aromatic rings. The van der Waals surface area contributed by atoms with Gasteiger partial charge >= 0.3 is 5.97 Å². The summed E-state index contributed by atoms with van der Waals surface area (Å²) in [7, 11) is 1.31. The van der Waals surface area contributed by atoms with Gasteiger partial charge in [-0.15, -0.1) is 0 Å². The van der Waals surface area contributed by atoms with Crippen molar-refractivity contribution in [2.45, 2.75) is 52.9 Å². The first-order valence-electron chi connectivity index (χ1n) is 10.0. The number of hydrogen-bond acceptors (Lipinski definition) is 4. The highest BCUT2D eigenvalue weighted by molar-refractivity contribution is 6.39. The quantitative estimate of drug-likeness (QED) is 0.290. The largest absolute Gasteiger partial charge is 0.493 e. The van der Waals surface area contributed by atoms with E-state index in [0.29, 0.717) is 17.5 Å². The number of carbonyl (C=O) groups excluding carboxylic acids is 1. The highest BCUT2D eigenvalue weighted by Crippen LogP contribution is 2.48. The molecule has 0 fully saturated rings. The number of esters is 1. The van der Waals surface area contributed by atoms with E-state index in [2.05, 4.69) is 37.9 Å². The molecule has 3 rings (SSSR count). The zero-order valence-electron chi connectivity index (χ0n) is 17.6. The number of pyridine rings is 1. The van der Waals surface area contributed by atoms with E-state index in [1.165, 1.54) is 12.7 Å². The maximum Gasteiger partial charge on any atom is 0.342 e. The summed E-state index contributed by atoms with van der Waals surface area (Å²) < 4.78 is 10.9. The number of rotatable bonds is 6. The highest BCUT2D eigenvalue weighted by atomic mass is 35.5. The van der Waals surface area contributed by atoms with Crippen molar-refractivity contribution in [2.75, 3.05) is 13.7 Å². The first-order chi connectivity index (χ1) is 13.8. The second-order valence-corrected chi connectivity index (χ2v) is 8.61. The molecule has 1 aromatic heterocycles. The standard InChI is InChI=1S/C23H27Cl2NO3/c1-6-7-8-29-17-11-14-10-15(12(2)3)18-20(24)19(23(27)28-5)22(25)26-21(18)16(14)9-13(17)4/h9,11-12,15H,6-8,10H2,1-5H3. The van der Waals surface area contributed by atoms with Gasteiger partial charge in [-0.3, -0.25) is 0 Å². The van der Waals surface area contributed by atoms with Gasteiger partial charge in [0.05, 0.1) is 24.4 Å². The third kappa shape index (κ3) is 4.10.